The maximum atomic E-state index is 8.65. The van der Waals surface area contributed by atoms with Crippen LogP contribution in [0.1, 0.15) is 25.3 Å². The zero-order valence-electron chi connectivity index (χ0n) is 10.5. The largest absolute Gasteiger partial charge is 0.384 e. The predicted octanol–water partition coefficient (Wildman–Crippen LogP) is 2.28. The Balaban J connectivity index is 2.50. The highest BCUT2D eigenvalue weighted by Gasteiger charge is 2.03. The number of aliphatic hydroxyl groups is 1. The lowest BCUT2D eigenvalue weighted by molar-refractivity contribution is 0.293. The minimum atomic E-state index is -0.0487. The van der Waals surface area contributed by atoms with Crippen molar-refractivity contribution in [3.8, 4) is 11.8 Å². The molecule has 1 rings (SSSR count). The van der Waals surface area contributed by atoms with E-state index in [1.165, 1.54) is 18.4 Å². The van der Waals surface area contributed by atoms with Crippen molar-refractivity contribution in [3.05, 3.63) is 35.9 Å². The van der Waals surface area contributed by atoms with Gasteiger partial charge >= 0.3 is 0 Å². The number of aliphatic hydroxyl groups excluding tert-OH is 1. The summed E-state index contributed by atoms with van der Waals surface area (Å²) in [6, 6.07) is 10.4. The number of hydrogen-bond acceptors (Lipinski definition) is 2. The van der Waals surface area contributed by atoms with E-state index in [0.29, 0.717) is 0 Å². The van der Waals surface area contributed by atoms with Crippen LogP contribution in [0.5, 0.6) is 0 Å². The summed E-state index contributed by atoms with van der Waals surface area (Å²) in [4.78, 5) is 2.32. The molecule has 0 fully saturated rings. The van der Waals surface area contributed by atoms with E-state index in [1.54, 1.807) is 0 Å². The van der Waals surface area contributed by atoms with Gasteiger partial charge in [0.15, 0.2) is 0 Å². The van der Waals surface area contributed by atoms with E-state index < -0.39 is 0 Å². The van der Waals surface area contributed by atoms with Crippen LogP contribution in [-0.4, -0.2) is 29.7 Å². The Hall–Kier alpha value is -1.30. The van der Waals surface area contributed by atoms with Gasteiger partial charge in [-0.2, -0.15) is 0 Å². The molecule has 0 spiro atoms. The SMILES string of the molecule is CCCCN(CC#CCO)Cc1ccccc1. The lowest BCUT2D eigenvalue weighted by Gasteiger charge is -2.19. The van der Waals surface area contributed by atoms with E-state index in [1.807, 2.05) is 6.07 Å². The van der Waals surface area contributed by atoms with E-state index in [-0.39, 0.29) is 6.61 Å². The molecule has 0 saturated heterocycles. The van der Waals surface area contributed by atoms with Crippen molar-refractivity contribution in [1.82, 2.24) is 4.90 Å². The van der Waals surface area contributed by atoms with E-state index >= 15 is 0 Å². The normalized spacial score (nSPS) is 10.1. The average Bonchev–Trinajstić information content (AvgIpc) is 2.37. The van der Waals surface area contributed by atoms with Crippen LogP contribution in [0.4, 0.5) is 0 Å². The first-order valence-corrected chi connectivity index (χ1v) is 6.19. The number of rotatable bonds is 6. The number of nitrogens with zero attached hydrogens (tertiary/aromatic N) is 1. The molecule has 1 N–H and O–H groups in total. The van der Waals surface area contributed by atoms with Gasteiger partial charge in [0.1, 0.15) is 6.61 Å². The lowest BCUT2D eigenvalue weighted by Crippen LogP contribution is -2.24. The Kier molecular flexibility index (Phi) is 7.13. The topological polar surface area (TPSA) is 23.5 Å². The number of hydrogen-bond donors (Lipinski definition) is 1. The van der Waals surface area contributed by atoms with Crippen LogP contribution < -0.4 is 0 Å². The molecule has 0 saturated carbocycles. The molecule has 0 amide bonds. The summed E-state index contributed by atoms with van der Waals surface area (Å²) < 4.78 is 0. The van der Waals surface area contributed by atoms with Gasteiger partial charge in [0.2, 0.25) is 0 Å². The van der Waals surface area contributed by atoms with Gasteiger partial charge in [0.25, 0.3) is 0 Å². The highest BCUT2D eigenvalue weighted by molar-refractivity contribution is 5.15. The third-order valence-electron chi connectivity index (χ3n) is 2.58. The average molecular weight is 231 g/mol. The zero-order valence-corrected chi connectivity index (χ0v) is 10.5. The summed E-state index contributed by atoms with van der Waals surface area (Å²) in [5.41, 5.74) is 1.31. The fraction of sp³-hybridized carbons (Fsp3) is 0.467. The molecule has 0 radical (unpaired) electrons. The molecule has 0 bridgehead atoms. The molecule has 0 heterocycles. The molecule has 0 aromatic heterocycles. The van der Waals surface area contributed by atoms with Gasteiger partial charge in [-0.1, -0.05) is 55.5 Å². The van der Waals surface area contributed by atoms with E-state index in [0.717, 1.165) is 19.6 Å². The Morgan fingerprint density at radius 1 is 1.18 bits per heavy atom. The van der Waals surface area contributed by atoms with Gasteiger partial charge in [0, 0.05) is 6.54 Å². The van der Waals surface area contributed by atoms with Crippen LogP contribution in [0.2, 0.25) is 0 Å². The van der Waals surface area contributed by atoms with Crippen LogP contribution in [0.25, 0.3) is 0 Å². The second-order valence-electron chi connectivity index (χ2n) is 4.06. The molecule has 0 aliphatic rings. The van der Waals surface area contributed by atoms with Crippen molar-refractivity contribution in [3.63, 3.8) is 0 Å². The number of benzene rings is 1. The smallest absolute Gasteiger partial charge is 0.104 e. The molecule has 0 atom stereocenters. The first kappa shape index (κ1) is 13.8. The van der Waals surface area contributed by atoms with E-state index in [9.17, 15) is 0 Å². The fourth-order valence-corrected chi connectivity index (χ4v) is 1.66. The quantitative estimate of drug-likeness (QED) is 0.759. The minimum Gasteiger partial charge on any atom is -0.384 e. The molecule has 2 nitrogen and oxygen atoms in total. The van der Waals surface area contributed by atoms with Gasteiger partial charge in [-0.05, 0) is 18.5 Å². The maximum Gasteiger partial charge on any atom is 0.104 e. The van der Waals surface area contributed by atoms with Gasteiger partial charge in [0.05, 0.1) is 6.54 Å². The molecular weight excluding hydrogens is 210 g/mol. The van der Waals surface area contributed by atoms with Gasteiger partial charge in [-0.15, -0.1) is 0 Å². The summed E-state index contributed by atoms with van der Waals surface area (Å²) in [6.45, 7) is 4.87. The Labute approximate surface area is 104 Å². The second kappa shape index (κ2) is 8.81. The van der Waals surface area contributed by atoms with Crippen molar-refractivity contribution in [2.45, 2.75) is 26.3 Å². The molecule has 92 valence electrons. The molecule has 1 aromatic rings. The van der Waals surface area contributed by atoms with E-state index in [2.05, 4.69) is 47.9 Å². The first-order valence-electron chi connectivity index (χ1n) is 6.19. The molecule has 1 aromatic carbocycles. The third kappa shape index (κ3) is 6.11. The molecule has 0 aliphatic heterocycles. The fourth-order valence-electron chi connectivity index (χ4n) is 1.66. The van der Waals surface area contributed by atoms with Crippen LogP contribution >= 0.6 is 0 Å². The summed E-state index contributed by atoms with van der Waals surface area (Å²) >= 11 is 0. The molecule has 0 unspecified atom stereocenters. The van der Waals surface area contributed by atoms with Crippen molar-refractivity contribution < 1.29 is 5.11 Å². The van der Waals surface area contributed by atoms with E-state index in [4.69, 9.17) is 5.11 Å². The minimum absolute atomic E-state index is 0.0487. The third-order valence-corrected chi connectivity index (χ3v) is 2.58. The van der Waals surface area contributed by atoms with Gasteiger partial charge in [-0.3, -0.25) is 4.90 Å². The summed E-state index contributed by atoms with van der Waals surface area (Å²) in [5, 5.41) is 8.65. The molecule has 17 heavy (non-hydrogen) atoms. The Morgan fingerprint density at radius 3 is 2.59 bits per heavy atom. The Bertz CT molecular complexity index is 350. The van der Waals surface area contributed by atoms with Gasteiger partial charge in [-0.25, -0.2) is 0 Å². The molecule has 0 aliphatic carbocycles. The standard InChI is InChI=1S/C15H21NO/c1-2-3-11-16(12-7-8-13-17)14-15-9-5-4-6-10-15/h4-6,9-10,17H,2-3,11-14H2,1H3. The van der Waals surface area contributed by atoms with Crippen molar-refractivity contribution in [1.29, 1.82) is 0 Å². The second-order valence-corrected chi connectivity index (χ2v) is 4.06. The van der Waals surface area contributed by atoms with Crippen molar-refractivity contribution >= 4 is 0 Å². The predicted molar refractivity (Wildman–Crippen MR) is 71.5 cm³/mol. The van der Waals surface area contributed by atoms with Crippen LogP contribution in [0, 0.1) is 11.8 Å². The zero-order chi connectivity index (χ0) is 12.3. The molecular formula is C15H21NO. The summed E-state index contributed by atoms with van der Waals surface area (Å²) in [5.74, 6) is 5.70. The maximum absolute atomic E-state index is 8.65. The van der Waals surface area contributed by atoms with Crippen LogP contribution in [0.3, 0.4) is 0 Å². The number of unbranched alkanes of at least 4 members (excludes halogenated alkanes) is 1. The van der Waals surface area contributed by atoms with Gasteiger partial charge < -0.3 is 5.11 Å². The first-order chi connectivity index (χ1) is 8.36. The molecule has 2 heteroatoms. The van der Waals surface area contributed by atoms with Crippen molar-refractivity contribution in [2.75, 3.05) is 19.7 Å². The highest BCUT2D eigenvalue weighted by Crippen LogP contribution is 2.05. The van der Waals surface area contributed by atoms with Crippen molar-refractivity contribution in [2.24, 2.45) is 0 Å². The highest BCUT2D eigenvalue weighted by atomic mass is 16.2. The van der Waals surface area contributed by atoms with Crippen LogP contribution in [0.15, 0.2) is 30.3 Å². The summed E-state index contributed by atoms with van der Waals surface area (Å²) in [7, 11) is 0. The Morgan fingerprint density at radius 2 is 1.94 bits per heavy atom. The lowest BCUT2D eigenvalue weighted by atomic mass is 10.2. The monoisotopic (exact) mass is 231 g/mol. The summed E-state index contributed by atoms with van der Waals surface area (Å²) in [6.07, 6.45) is 2.38. The van der Waals surface area contributed by atoms with Crippen LogP contribution in [-0.2, 0) is 6.54 Å².